The molecule has 8 heteroatoms. The van der Waals surface area contributed by atoms with Crippen molar-refractivity contribution >= 4 is 27.0 Å². The molecule has 0 atom stereocenters. The normalized spacial score (nSPS) is 11.8. The molecule has 0 spiro atoms. The molecule has 21 heavy (non-hydrogen) atoms. The molecule has 0 saturated carbocycles. The molecule has 114 valence electrons. The topological polar surface area (TPSA) is 82.3 Å². The highest BCUT2D eigenvalue weighted by molar-refractivity contribution is 7.94. The molecule has 0 radical (unpaired) electrons. The lowest BCUT2D eigenvalue weighted by Crippen LogP contribution is -2.14. The Morgan fingerprint density at radius 1 is 1.33 bits per heavy atom. The monoisotopic (exact) mass is 327 g/mol. The molecule has 0 saturated heterocycles. The number of benzene rings is 1. The summed E-state index contributed by atoms with van der Waals surface area (Å²) in [5, 5.41) is 0. The van der Waals surface area contributed by atoms with Gasteiger partial charge in [-0.2, -0.15) is 0 Å². The molecule has 0 amide bonds. The maximum atomic E-state index is 12.3. The van der Waals surface area contributed by atoms with E-state index in [4.69, 9.17) is 0 Å². The smallest absolute Gasteiger partial charge is 0.306 e. The molecule has 0 fully saturated rings. The second-order valence-electron chi connectivity index (χ2n) is 4.97. The van der Waals surface area contributed by atoms with Gasteiger partial charge in [0, 0.05) is 17.9 Å². The molecule has 0 aliphatic heterocycles. The van der Waals surface area contributed by atoms with E-state index in [2.05, 4.69) is 9.71 Å². The van der Waals surface area contributed by atoms with Gasteiger partial charge in [0.15, 0.2) is 4.21 Å². The summed E-state index contributed by atoms with van der Waals surface area (Å²) in [5.74, 6) is 0. The van der Waals surface area contributed by atoms with Crippen LogP contribution in [0.25, 0.3) is 0 Å². The molecule has 0 aliphatic carbocycles. The molecule has 2 rings (SSSR count). The fraction of sp³-hybridized carbons (Fsp3) is 0.308. The molecule has 0 bridgehead atoms. The third-order valence-electron chi connectivity index (χ3n) is 2.70. The van der Waals surface area contributed by atoms with Crippen molar-refractivity contribution in [1.82, 2.24) is 9.88 Å². The minimum absolute atomic E-state index is 0.0190. The summed E-state index contributed by atoms with van der Waals surface area (Å²) in [6, 6.07) is 7.19. The Labute approximate surface area is 127 Å². The van der Waals surface area contributed by atoms with Gasteiger partial charge in [-0.3, -0.25) is 9.52 Å². The quantitative estimate of drug-likeness (QED) is 0.874. The SMILES string of the molecule is Cc1[nH]c(=O)sc1S(=O)(=O)Nc1cccc(CN(C)C)c1. The van der Waals surface area contributed by atoms with E-state index in [0.29, 0.717) is 29.3 Å². The predicted octanol–water partition coefficient (Wildman–Crippen LogP) is 1.61. The van der Waals surface area contributed by atoms with E-state index in [9.17, 15) is 13.2 Å². The van der Waals surface area contributed by atoms with Crippen LogP contribution in [0.4, 0.5) is 5.69 Å². The highest BCUT2D eigenvalue weighted by Gasteiger charge is 2.20. The molecule has 0 aliphatic rings. The molecule has 1 aromatic carbocycles. The largest absolute Gasteiger partial charge is 0.315 e. The van der Waals surface area contributed by atoms with E-state index in [-0.39, 0.29) is 9.08 Å². The average molecular weight is 327 g/mol. The minimum Gasteiger partial charge on any atom is -0.315 e. The molecule has 2 aromatic rings. The first-order valence-electron chi connectivity index (χ1n) is 6.24. The number of aryl methyl sites for hydroxylation is 1. The minimum atomic E-state index is -3.74. The molecule has 1 heterocycles. The van der Waals surface area contributed by atoms with Crippen LogP contribution in [-0.2, 0) is 16.6 Å². The lowest BCUT2D eigenvalue weighted by Gasteiger charge is -2.12. The number of nitrogens with zero attached hydrogens (tertiary/aromatic N) is 1. The standard InChI is InChI=1S/C13H17N3O3S2/c1-9-12(20-13(17)14-9)21(18,19)15-11-6-4-5-10(7-11)8-16(2)3/h4-7,15H,8H2,1-3H3,(H,14,17). The fourth-order valence-corrected chi connectivity index (χ4v) is 4.30. The van der Waals surface area contributed by atoms with Crippen molar-refractivity contribution in [1.29, 1.82) is 0 Å². The van der Waals surface area contributed by atoms with Gasteiger partial charge in [-0.25, -0.2) is 8.42 Å². The molecular weight excluding hydrogens is 310 g/mol. The average Bonchev–Trinajstić information content (AvgIpc) is 2.68. The van der Waals surface area contributed by atoms with Crippen molar-refractivity contribution in [2.24, 2.45) is 0 Å². The summed E-state index contributed by atoms with van der Waals surface area (Å²) in [5.41, 5.74) is 1.83. The third-order valence-corrected chi connectivity index (χ3v) is 5.69. The zero-order valence-corrected chi connectivity index (χ0v) is 13.6. The lowest BCUT2D eigenvalue weighted by atomic mass is 10.2. The van der Waals surface area contributed by atoms with Crippen molar-refractivity contribution in [2.75, 3.05) is 18.8 Å². The van der Waals surface area contributed by atoms with Gasteiger partial charge >= 0.3 is 4.87 Å². The number of aromatic nitrogens is 1. The van der Waals surface area contributed by atoms with Gasteiger partial charge in [-0.1, -0.05) is 23.5 Å². The summed E-state index contributed by atoms with van der Waals surface area (Å²) >= 11 is 0.686. The number of H-pyrrole nitrogens is 1. The highest BCUT2D eigenvalue weighted by atomic mass is 32.2. The van der Waals surface area contributed by atoms with Gasteiger partial charge in [-0.05, 0) is 38.7 Å². The maximum absolute atomic E-state index is 12.3. The molecular formula is C13H17N3O3S2. The van der Waals surface area contributed by atoms with Gasteiger partial charge in [0.25, 0.3) is 10.0 Å². The van der Waals surface area contributed by atoms with Crippen molar-refractivity contribution in [3.05, 3.63) is 45.2 Å². The number of hydrogen-bond donors (Lipinski definition) is 2. The van der Waals surface area contributed by atoms with Crippen LogP contribution in [0, 0.1) is 6.92 Å². The van der Waals surface area contributed by atoms with Gasteiger partial charge in [0.05, 0.1) is 0 Å². The second-order valence-corrected chi connectivity index (χ2v) is 7.83. The van der Waals surface area contributed by atoms with Crippen LogP contribution in [0.15, 0.2) is 33.3 Å². The van der Waals surface area contributed by atoms with Gasteiger partial charge in [0.2, 0.25) is 0 Å². The van der Waals surface area contributed by atoms with Crippen molar-refractivity contribution in [3.8, 4) is 0 Å². The van der Waals surface area contributed by atoms with Crippen LogP contribution in [0.1, 0.15) is 11.3 Å². The number of hydrogen-bond acceptors (Lipinski definition) is 5. The van der Waals surface area contributed by atoms with E-state index < -0.39 is 10.0 Å². The van der Waals surface area contributed by atoms with Crippen molar-refractivity contribution < 1.29 is 8.42 Å². The number of aromatic amines is 1. The Morgan fingerprint density at radius 3 is 2.62 bits per heavy atom. The van der Waals surface area contributed by atoms with Crippen LogP contribution in [0.3, 0.4) is 0 Å². The van der Waals surface area contributed by atoms with Crippen molar-refractivity contribution in [3.63, 3.8) is 0 Å². The van der Waals surface area contributed by atoms with E-state index in [1.165, 1.54) is 0 Å². The van der Waals surface area contributed by atoms with Gasteiger partial charge in [-0.15, -0.1) is 0 Å². The van der Waals surface area contributed by atoms with Gasteiger partial charge in [0.1, 0.15) is 0 Å². The van der Waals surface area contributed by atoms with Crippen molar-refractivity contribution in [2.45, 2.75) is 17.7 Å². The summed E-state index contributed by atoms with van der Waals surface area (Å²) in [4.78, 5) is 15.3. The lowest BCUT2D eigenvalue weighted by molar-refractivity contribution is 0.402. The zero-order chi connectivity index (χ0) is 15.6. The number of anilines is 1. The van der Waals surface area contributed by atoms with E-state index >= 15 is 0 Å². The van der Waals surface area contributed by atoms with Crippen LogP contribution in [0.5, 0.6) is 0 Å². The zero-order valence-electron chi connectivity index (χ0n) is 12.0. The van der Waals surface area contributed by atoms with Crippen LogP contribution < -0.4 is 9.60 Å². The number of thiazole rings is 1. The Morgan fingerprint density at radius 2 is 2.05 bits per heavy atom. The van der Waals surface area contributed by atoms with Gasteiger partial charge < -0.3 is 9.88 Å². The first-order chi connectivity index (χ1) is 9.78. The van der Waals surface area contributed by atoms with E-state index in [1.54, 1.807) is 25.1 Å². The second kappa shape index (κ2) is 6.00. The summed E-state index contributed by atoms with van der Waals surface area (Å²) in [6.45, 7) is 2.28. The van der Waals surface area contributed by atoms with Crippen LogP contribution >= 0.6 is 11.3 Å². The Bertz CT molecular complexity index is 791. The first-order valence-corrected chi connectivity index (χ1v) is 8.54. The van der Waals surface area contributed by atoms with E-state index in [1.807, 2.05) is 25.1 Å². The summed E-state index contributed by atoms with van der Waals surface area (Å²) in [6.07, 6.45) is 0. The number of rotatable bonds is 5. The first kappa shape index (κ1) is 15.7. The number of sulfonamides is 1. The Balaban J connectivity index is 2.29. The molecule has 6 nitrogen and oxygen atoms in total. The van der Waals surface area contributed by atoms with Crippen LogP contribution in [-0.4, -0.2) is 32.4 Å². The Hall–Kier alpha value is -1.64. The highest BCUT2D eigenvalue weighted by Crippen LogP contribution is 2.21. The predicted molar refractivity (Wildman–Crippen MR) is 84.3 cm³/mol. The number of nitrogens with one attached hydrogen (secondary N) is 2. The molecule has 0 unspecified atom stereocenters. The Kier molecular flexibility index (Phi) is 4.50. The maximum Gasteiger partial charge on any atom is 0.306 e. The van der Waals surface area contributed by atoms with Crippen LogP contribution in [0.2, 0.25) is 0 Å². The molecule has 2 N–H and O–H groups in total. The summed E-state index contributed by atoms with van der Waals surface area (Å²) in [7, 11) is 0.139. The molecule has 1 aromatic heterocycles. The fourth-order valence-electron chi connectivity index (χ4n) is 1.95. The summed E-state index contributed by atoms with van der Waals surface area (Å²) < 4.78 is 27.1. The van der Waals surface area contributed by atoms with E-state index in [0.717, 1.165) is 5.56 Å². The third kappa shape index (κ3) is 3.93.